The average Bonchev–Trinajstić information content (AvgIpc) is 3.31. The quantitative estimate of drug-likeness (QED) is 0.132. The maximum absolute atomic E-state index is 11.0. The van der Waals surface area contributed by atoms with Crippen molar-refractivity contribution in [2.24, 2.45) is 28.7 Å². The Morgan fingerprint density at radius 1 is 0.875 bits per heavy atom. The van der Waals surface area contributed by atoms with Crippen LogP contribution in [0.3, 0.4) is 0 Å². The van der Waals surface area contributed by atoms with Crippen LogP contribution < -0.4 is 28.7 Å². The Morgan fingerprint density at radius 2 is 1.50 bits per heavy atom. The van der Waals surface area contributed by atoms with Gasteiger partial charge in [0.25, 0.3) is 0 Å². The summed E-state index contributed by atoms with van der Waals surface area (Å²) in [5.74, 6) is 0.281. The number of rotatable bonds is 6. The lowest BCUT2D eigenvalue weighted by Crippen LogP contribution is -2.68. The molecule has 0 aromatic heterocycles. The first-order chi connectivity index (χ1) is 19.0. The predicted molar refractivity (Wildman–Crippen MR) is 137 cm³/mol. The fourth-order valence-corrected chi connectivity index (χ4v) is 5.66. The number of nitrogens with two attached hydrogens (primary N) is 5. The van der Waals surface area contributed by atoms with Gasteiger partial charge < -0.3 is 78.0 Å². The van der Waals surface area contributed by atoms with Crippen LogP contribution in [0.4, 0.5) is 0 Å². The van der Waals surface area contributed by atoms with Crippen molar-refractivity contribution in [3.05, 3.63) is 12.3 Å². The summed E-state index contributed by atoms with van der Waals surface area (Å²) in [6.07, 6.45) is -4.98. The van der Waals surface area contributed by atoms with Crippen LogP contribution in [0.1, 0.15) is 25.7 Å². The zero-order chi connectivity index (χ0) is 29.3. The van der Waals surface area contributed by atoms with Gasteiger partial charge in [-0.25, -0.2) is 0 Å². The lowest BCUT2D eigenvalue weighted by molar-refractivity contribution is -0.314. The van der Waals surface area contributed by atoms with Crippen LogP contribution >= 0.6 is 0 Å². The molecule has 5 rings (SSSR count). The first-order valence-electron chi connectivity index (χ1n) is 13.6. The Hall–Kier alpha value is -1.35. The standard InChI is InChI=1S/C18H37N5O9.C6H7NO/c19-3-9-8(25)2-7(22)17(29-9)31-15-5(20)1-6(21)16(14(15)28)32-18-13(27)11(23)12(26)10(4-24)30-18;8-6-4-5-2-1-3-7(5)6/h5-18,24-28H,1-4,19-23H2;1,3,5H,2,4H2/t5-,6+,7+,8-,9+,10+,11-,12+,13+,14-,15+,16-,17+,18+;5-/m01/s1. The van der Waals surface area contributed by atoms with Crippen LogP contribution in [0, 0.1) is 0 Å². The van der Waals surface area contributed by atoms with Crippen molar-refractivity contribution in [1.29, 1.82) is 0 Å². The average molecular weight is 577 g/mol. The van der Waals surface area contributed by atoms with Crippen molar-refractivity contribution in [2.45, 2.75) is 117 Å². The van der Waals surface area contributed by atoms with E-state index in [1.54, 1.807) is 4.90 Å². The third-order valence-electron chi connectivity index (χ3n) is 8.18. The second-order valence-corrected chi connectivity index (χ2v) is 11.1. The Kier molecular flexibility index (Phi) is 10.5. The first kappa shape index (κ1) is 31.6. The molecule has 1 amide bonds. The highest BCUT2D eigenvalue weighted by Crippen LogP contribution is 2.31. The summed E-state index contributed by atoms with van der Waals surface area (Å²) in [5, 5.41) is 50.7. The number of carbonyl (C=O) groups excluding carboxylic acids is 1. The number of ether oxygens (including phenoxy) is 4. The minimum atomic E-state index is -1.44. The number of hydrogen-bond acceptors (Lipinski definition) is 15. The molecule has 4 heterocycles. The van der Waals surface area contributed by atoms with Gasteiger partial charge in [0.15, 0.2) is 12.6 Å². The fourth-order valence-electron chi connectivity index (χ4n) is 5.66. The van der Waals surface area contributed by atoms with Crippen molar-refractivity contribution in [3.63, 3.8) is 0 Å². The van der Waals surface area contributed by atoms with Crippen LogP contribution in [-0.2, 0) is 23.7 Å². The summed E-state index contributed by atoms with van der Waals surface area (Å²) in [7, 11) is 0. The van der Waals surface area contributed by atoms with Gasteiger partial charge in [-0.3, -0.25) is 4.79 Å². The van der Waals surface area contributed by atoms with E-state index < -0.39 is 92.2 Å². The summed E-state index contributed by atoms with van der Waals surface area (Å²) in [4.78, 5) is 12.4. The Morgan fingerprint density at radius 3 is 2.05 bits per heavy atom. The summed E-state index contributed by atoms with van der Waals surface area (Å²) in [6.45, 7) is -0.499. The molecule has 0 aromatic rings. The van der Waals surface area contributed by atoms with Gasteiger partial charge in [0.1, 0.15) is 36.6 Å². The molecule has 4 aliphatic heterocycles. The van der Waals surface area contributed by atoms with E-state index in [0.29, 0.717) is 6.04 Å². The Bertz CT molecular complexity index is 887. The molecule has 0 aromatic carbocycles. The molecular weight excluding hydrogens is 532 g/mol. The number of hydrogen-bond donors (Lipinski definition) is 10. The molecule has 0 spiro atoms. The number of aliphatic hydroxyl groups excluding tert-OH is 5. The van der Waals surface area contributed by atoms with Crippen molar-refractivity contribution in [1.82, 2.24) is 4.90 Å². The molecule has 1 saturated carbocycles. The monoisotopic (exact) mass is 576 g/mol. The van der Waals surface area contributed by atoms with Gasteiger partial charge in [-0.15, -0.1) is 0 Å². The molecule has 4 fully saturated rings. The maximum Gasteiger partial charge on any atom is 0.228 e. The van der Waals surface area contributed by atoms with E-state index in [1.807, 2.05) is 6.20 Å². The van der Waals surface area contributed by atoms with Crippen molar-refractivity contribution in [3.8, 4) is 0 Å². The highest BCUT2D eigenvalue weighted by atomic mass is 16.7. The highest BCUT2D eigenvalue weighted by molar-refractivity contribution is 5.84. The van der Waals surface area contributed by atoms with E-state index >= 15 is 0 Å². The lowest BCUT2D eigenvalue weighted by atomic mass is 9.84. The molecule has 1 aliphatic carbocycles. The number of nitrogens with zero attached hydrogens (tertiary/aromatic N) is 1. The van der Waals surface area contributed by atoms with Gasteiger partial charge in [0, 0.05) is 37.3 Å². The Labute approximate surface area is 231 Å². The SMILES string of the molecule is NC[C@H]1O[C@H](O[C@H]2[C@H](O)[C@@H](O[C@H]3O[C@H](CO)[C@@H](O)[C@H](N)[C@H]3O)[C@H](N)C[C@@H]2N)[C@H](N)C[C@@H]1O.O=C1C[C@H]2CC=CN12. The molecule has 40 heavy (non-hydrogen) atoms. The van der Waals surface area contributed by atoms with Gasteiger partial charge in [0.2, 0.25) is 5.91 Å². The second-order valence-electron chi connectivity index (χ2n) is 11.1. The number of carbonyl (C=O) groups is 1. The number of aliphatic hydroxyl groups is 5. The molecule has 15 atom stereocenters. The van der Waals surface area contributed by atoms with Gasteiger partial charge >= 0.3 is 0 Å². The zero-order valence-electron chi connectivity index (χ0n) is 22.2. The van der Waals surface area contributed by atoms with Crippen LogP contribution in [-0.4, -0.2) is 141 Å². The zero-order valence-corrected chi connectivity index (χ0v) is 22.2. The number of amides is 1. The van der Waals surface area contributed by atoms with Gasteiger partial charge in [-0.05, 0) is 19.3 Å². The van der Waals surface area contributed by atoms with Crippen LogP contribution in [0.25, 0.3) is 0 Å². The summed E-state index contributed by atoms with van der Waals surface area (Å²) >= 11 is 0. The van der Waals surface area contributed by atoms with Gasteiger partial charge in [-0.1, -0.05) is 6.08 Å². The molecule has 16 nitrogen and oxygen atoms in total. The minimum Gasteiger partial charge on any atom is -0.394 e. The largest absolute Gasteiger partial charge is 0.394 e. The van der Waals surface area contributed by atoms with Crippen molar-refractivity contribution in [2.75, 3.05) is 13.2 Å². The van der Waals surface area contributed by atoms with Crippen LogP contribution in [0.2, 0.25) is 0 Å². The van der Waals surface area contributed by atoms with Gasteiger partial charge in [0.05, 0.1) is 30.9 Å². The maximum atomic E-state index is 11.0. The molecule has 0 radical (unpaired) electrons. The van der Waals surface area contributed by atoms with E-state index in [4.69, 9.17) is 47.6 Å². The third-order valence-corrected chi connectivity index (χ3v) is 8.18. The number of fused-ring (bicyclic) bond motifs is 1. The van der Waals surface area contributed by atoms with E-state index in [2.05, 4.69) is 6.08 Å². The topological polar surface area (TPSA) is 288 Å². The fraction of sp³-hybridized carbons (Fsp3) is 0.875. The normalized spacial score (nSPS) is 48.7. The van der Waals surface area contributed by atoms with E-state index in [-0.39, 0.29) is 25.3 Å². The van der Waals surface area contributed by atoms with Crippen molar-refractivity contribution >= 4 is 5.91 Å². The molecule has 3 saturated heterocycles. The summed E-state index contributed by atoms with van der Waals surface area (Å²) in [5.41, 5.74) is 29.8. The molecular formula is C24H44N6O10. The van der Waals surface area contributed by atoms with Gasteiger partial charge in [-0.2, -0.15) is 0 Å². The van der Waals surface area contributed by atoms with Crippen molar-refractivity contribution < 1.29 is 49.3 Å². The first-order valence-corrected chi connectivity index (χ1v) is 13.6. The van der Waals surface area contributed by atoms with E-state index in [0.717, 1.165) is 12.8 Å². The molecule has 0 bridgehead atoms. The smallest absolute Gasteiger partial charge is 0.228 e. The lowest BCUT2D eigenvalue weighted by Gasteiger charge is -2.47. The van der Waals surface area contributed by atoms with Crippen LogP contribution in [0.15, 0.2) is 12.3 Å². The minimum absolute atomic E-state index is 0.0542. The van der Waals surface area contributed by atoms with E-state index in [9.17, 15) is 30.3 Å². The third kappa shape index (κ3) is 6.50. The summed E-state index contributed by atoms with van der Waals surface area (Å²) < 4.78 is 22.7. The van der Waals surface area contributed by atoms with Crippen LogP contribution in [0.5, 0.6) is 0 Å². The second kappa shape index (κ2) is 13.3. The van der Waals surface area contributed by atoms with E-state index in [1.165, 1.54) is 0 Å². The molecule has 5 aliphatic rings. The Balaban J connectivity index is 0.000000390. The summed E-state index contributed by atoms with van der Waals surface area (Å²) in [6, 6.07) is -2.72. The predicted octanol–water partition coefficient (Wildman–Crippen LogP) is -5.79. The molecule has 0 unspecified atom stereocenters. The molecule has 230 valence electrons. The highest BCUT2D eigenvalue weighted by Gasteiger charge is 2.50. The number of β-lactam (4-membered cyclic amide) rings is 1. The molecule has 16 heteroatoms. The molecule has 15 N–H and O–H groups in total.